The summed E-state index contributed by atoms with van der Waals surface area (Å²) in [5.74, 6) is 0.592. The van der Waals surface area contributed by atoms with E-state index in [0.29, 0.717) is 31.9 Å². The van der Waals surface area contributed by atoms with Crippen molar-refractivity contribution in [3.63, 3.8) is 0 Å². The molecule has 3 aromatic carbocycles. The number of aryl methyl sites for hydroxylation is 3. The molecule has 1 aliphatic rings. The molecule has 8 heteroatoms. The van der Waals surface area contributed by atoms with E-state index in [2.05, 4.69) is 4.90 Å². The lowest BCUT2D eigenvalue weighted by atomic mass is 10.1. The first-order valence-corrected chi connectivity index (χ1v) is 13.5. The summed E-state index contributed by atoms with van der Waals surface area (Å²) in [6, 6.07) is 20.2. The molecule has 3 aromatic rings. The van der Waals surface area contributed by atoms with E-state index in [4.69, 9.17) is 4.74 Å². The Morgan fingerprint density at radius 1 is 0.861 bits per heavy atom. The molecule has 4 rings (SSSR count). The van der Waals surface area contributed by atoms with Gasteiger partial charge < -0.3 is 14.5 Å². The van der Waals surface area contributed by atoms with Crippen molar-refractivity contribution in [3.05, 3.63) is 83.4 Å². The minimum Gasteiger partial charge on any atom is -0.497 e. The third-order valence-corrected chi connectivity index (χ3v) is 8.35. The lowest BCUT2D eigenvalue weighted by molar-refractivity contribution is -0.129. The van der Waals surface area contributed by atoms with Crippen molar-refractivity contribution in [1.29, 1.82) is 0 Å². The molecule has 0 radical (unpaired) electrons. The van der Waals surface area contributed by atoms with Gasteiger partial charge in [0.15, 0.2) is 0 Å². The molecular weight excluding hydrogens is 474 g/mol. The van der Waals surface area contributed by atoms with Crippen LogP contribution in [0.15, 0.2) is 71.6 Å². The van der Waals surface area contributed by atoms with Crippen LogP contribution < -0.4 is 13.9 Å². The van der Waals surface area contributed by atoms with Crippen molar-refractivity contribution in [2.75, 3.05) is 49.0 Å². The smallest absolute Gasteiger partial charge is 0.264 e. The molecule has 190 valence electrons. The Balaban J connectivity index is 1.54. The van der Waals surface area contributed by atoms with E-state index in [1.165, 1.54) is 4.31 Å². The molecule has 0 N–H and O–H groups in total. The van der Waals surface area contributed by atoms with E-state index in [1.54, 1.807) is 42.3 Å². The van der Waals surface area contributed by atoms with E-state index in [-0.39, 0.29) is 17.3 Å². The molecule has 7 nitrogen and oxygen atoms in total. The largest absolute Gasteiger partial charge is 0.497 e. The standard InChI is InChI=1S/C28H33N3O4S/c1-21-5-12-26(13-6-21)36(33,34)31(27-14-7-22(2)19-23(27)3)20-28(32)30-17-15-29(16-18-30)24-8-10-25(35-4)11-9-24/h5-14,19H,15-18,20H2,1-4H3. The third-order valence-electron chi connectivity index (χ3n) is 6.58. The molecule has 0 aromatic heterocycles. The van der Waals surface area contributed by atoms with Gasteiger partial charge in [-0.3, -0.25) is 9.10 Å². The second-order valence-corrected chi connectivity index (χ2v) is 11.0. The summed E-state index contributed by atoms with van der Waals surface area (Å²) in [7, 11) is -2.30. The van der Waals surface area contributed by atoms with Crippen LogP contribution in [0, 0.1) is 20.8 Å². The maximum atomic E-state index is 13.7. The number of carbonyl (C=O) groups is 1. The lowest BCUT2D eigenvalue weighted by Gasteiger charge is -2.37. The van der Waals surface area contributed by atoms with Gasteiger partial charge in [0.2, 0.25) is 5.91 Å². The molecule has 0 unspecified atom stereocenters. The third kappa shape index (κ3) is 5.49. The highest BCUT2D eigenvalue weighted by molar-refractivity contribution is 7.92. The number of piperazine rings is 1. The predicted octanol–water partition coefficient (Wildman–Crippen LogP) is 4.16. The van der Waals surface area contributed by atoms with Crippen molar-refractivity contribution >= 4 is 27.3 Å². The molecule has 1 fully saturated rings. The van der Waals surface area contributed by atoms with Crippen LogP contribution in [0.4, 0.5) is 11.4 Å². The highest BCUT2D eigenvalue weighted by atomic mass is 32.2. The fraction of sp³-hybridized carbons (Fsp3) is 0.321. The van der Waals surface area contributed by atoms with Crippen molar-refractivity contribution < 1.29 is 17.9 Å². The molecule has 0 atom stereocenters. The summed E-state index contributed by atoms with van der Waals surface area (Å²) in [6.45, 7) is 7.89. The van der Waals surface area contributed by atoms with Crippen LogP contribution in [-0.2, 0) is 14.8 Å². The molecule has 1 amide bonds. The number of hydrogen-bond donors (Lipinski definition) is 0. The summed E-state index contributed by atoms with van der Waals surface area (Å²) in [5, 5.41) is 0. The second-order valence-electron chi connectivity index (χ2n) is 9.18. The van der Waals surface area contributed by atoms with Crippen molar-refractivity contribution in [2.24, 2.45) is 0 Å². The zero-order valence-corrected chi connectivity index (χ0v) is 22.1. The highest BCUT2D eigenvalue weighted by Gasteiger charge is 2.31. The molecule has 1 heterocycles. The van der Waals surface area contributed by atoms with Gasteiger partial charge in [0.05, 0.1) is 17.7 Å². The van der Waals surface area contributed by atoms with Gasteiger partial charge in [-0.1, -0.05) is 35.4 Å². The highest BCUT2D eigenvalue weighted by Crippen LogP contribution is 2.28. The fourth-order valence-electron chi connectivity index (χ4n) is 4.45. The molecule has 36 heavy (non-hydrogen) atoms. The maximum absolute atomic E-state index is 13.7. The molecule has 0 aliphatic carbocycles. The van der Waals surface area contributed by atoms with E-state index in [1.807, 2.05) is 57.2 Å². The number of ether oxygens (including phenoxy) is 1. The quantitative estimate of drug-likeness (QED) is 0.480. The first kappa shape index (κ1) is 25.6. The van der Waals surface area contributed by atoms with Crippen LogP contribution in [-0.4, -0.2) is 59.1 Å². The molecule has 0 saturated carbocycles. The molecule has 0 spiro atoms. The van der Waals surface area contributed by atoms with Gasteiger partial charge in [0.25, 0.3) is 10.0 Å². The zero-order valence-electron chi connectivity index (χ0n) is 21.3. The minimum atomic E-state index is -3.94. The zero-order chi connectivity index (χ0) is 25.9. The summed E-state index contributed by atoms with van der Waals surface area (Å²) >= 11 is 0. The van der Waals surface area contributed by atoms with Crippen LogP contribution >= 0.6 is 0 Å². The summed E-state index contributed by atoms with van der Waals surface area (Å²) in [5.41, 5.74) is 4.40. The van der Waals surface area contributed by atoms with Crippen molar-refractivity contribution in [1.82, 2.24) is 4.90 Å². The number of carbonyl (C=O) groups excluding carboxylic acids is 1. The first-order valence-electron chi connectivity index (χ1n) is 12.0. The number of nitrogens with zero attached hydrogens (tertiary/aromatic N) is 3. The first-order chi connectivity index (χ1) is 17.2. The average Bonchev–Trinajstić information content (AvgIpc) is 2.88. The maximum Gasteiger partial charge on any atom is 0.264 e. The molecule has 1 aliphatic heterocycles. The number of anilines is 2. The van der Waals surface area contributed by atoms with Crippen molar-refractivity contribution in [2.45, 2.75) is 25.7 Å². The Kier molecular flexibility index (Phi) is 7.54. The summed E-state index contributed by atoms with van der Waals surface area (Å²) in [4.78, 5) is 17.5. The molecular formula is C28H33N3O4S. The van der Waals surface area contributed by atoms with Crippen LogP contribution in [0.5, 0.6) is 5.75 Å². The topological polar surface area (TPSA) is 70.2 Å². The normalized spacial score (nSPS) is 14.0. The van der Waals surface area contributed by atoms with Gasteiger partial charge in [-0.05, 0) is 68.8 Å². The van der Waals surface area contributed by atoms with Gasteiger partial charge >= 0.3 is 0 Å². The molecule has 0 bridgehead atoms. The van der Waals surface area contributed by atoms with E-state index in [0.717, 1.165) is 28.1 Å². The Morgan fingerprint density at radius 2 is 1.47 bits per heavy atom. The lowest BCUT2D eigenvalue weighted by Crippen LogP contribution is -2.52. The van der Waals surface area contributed by atoms with Gasteiger partial charge in [-0.15, -0.1) is 0 Å². The Morgan fingerprint density at radius 3 is 2.06 bits per heavy atom. The second kappa shape index (κ2) is 10.6. The Bertz CT molecular complexity index is 1310. The Hall–Kier alpha value is -3.52. The SMILES string of the molecule is COc1ccc(N2CCN(C(=O)CN(c3ccc(C)cc3C)S(=O)(=O)c3ccc(C)cc3)CC2)cc1. The van der Waals surface area contributed by atoms with Crippen LogP contribution in [0.1, 0.15) is 16.7 Å². The summed E-state index contributed by atoms with van der Waals surface area (Å²) in [6.07, 6.45) is 0. The fourth-order valence-corrected chi connectivity index (χ4v) is 5.93. The van der Waals surface area contributed by atoms with Gasteiger partial charge in [0.1, 0.15) is 12.3 Å². The number of rotatable bonds is 7. The van der Waals surface area contributed by atoms with Gasteiger partial charge in [-0.25, -0.2) is 8.42 Å². The minimum absolute atomic E-state index is 0.171. The monoisotopic (exact) mass is 507 g/mol. The van der Waals surface area contributed by atoms with E-state index < -0.39 is 10.0 Å². The number of methoxy groups -OCH3 is 1. The number of hydrogen-bond acceptors (Lipinski definition) is 5. The number of benzene rings is 3. The summed E-state index contributed by atoms with van der Waals surface area (Å²) < 4.78 is 33.9. The van der Waals surface area contributed by atoms with E-state index >= 15 is 0 Å². The van der Waals surface area contributed by atoms with Crippen molar-refractivity contribution in [3.8, 4) is 5.75 Å². The van der Waals surface area contributed by atoms with E-state index in [9.17, 15) is 13.2 Å². The number of sulfonamides is 1. The van der Waals surface area contributed by atoms with Gasteiger partial charge in [-0.2, -0.15) is 0 Å². The molecule has 1 saturated heterocycles. The van der Waals surface area contributed by atoms with Crippen LogP contribution in [0.25, 0.3) is 0 Å². The Labute approximate surface area is 214 Å². The predicted molar refractivity (Wildman–Crippen MR) is 143 cm³/mol. The van der Waals surface area contributed by atoms with Crippen LogP contribution in [0.2, 0.25) is 0 Å². The average molecular weight is 508 g/mol. The number of amides is 1. The van der Waals surface area contributed by atoms with Gasteiger partial charge in [0, 0.05) is 31.9 Å². The van der Waals surface area contributed by atoms with Crippen LogP contribution in [0.3, 0.4) is 0 Å².